The van der Waals surface area contributed by atoms with Gasteiger partial charge >= 0.3 is 6.03 Å². The zero-order chi connectivity index (χ0) is 24.4. The molecular weight excluding hydrogens is 454 g/mol. The number of nitrogens with zero attached hydrogens (tertiary/aromatic N) is 4. The van der Waals surface area contributed by atoms with Crippen molar-refractivity contribution < 1.29 is 4.79 Å². The molecule has 0 radical (unpaired) electrons. The fourth-order valence-corrected chi connectivity index (χ4v) is 5.53. The highest BCUT2D eigenvalue weighted by Gasteiger charge is 2.42. The first kappa shape index (κ1) is 23.9. The van der Waals surface area contributed by atoms with Crippen LogP contribution in [0.3, 0.4) is 0 Å². The summed E-state index contributed by atoms with van der Waals surface area (Å²) in [6, 6.07) is 19.5. The van der Waals surface area contributed by atoms with Gasteiger partial charge in [0.1, 0.15) is 5.82 Å². The van der Waals surface area contributed by atoms with Crippen LogP contribution in [0.4, 0.5) is 4.79 Å². The molecule has 1 aliphatic carbocycles. The van der Waals surface area contributed by atoms with Crippen molar-refractivity contribution in [1.29, 1.82) is 0 Å². The van der Waals surface area contributed by atoms with E-state index in [2.05, 4.69) is 79.3 Å². The van der Waals surface area contributed by atoms with Crippen molar-refractivity contribution in [2.45, 2.75) is 68.8 Å². The summed E-state index contributed by atoms with van der Waals surface area (Å²) >= 11 is 1.83. The van der Waals surface area contributed by atoms with Crippen LogP contribution in [-0.4, -0.2) is 44.5 Å². The molecule has 1 aliphatic heterocycles. The minimum Gasteiger partial charge on any atom is -0.334 e. The van der Waals surface area contributed by atoms with E-state index in [1.54, 1.807) is 0 Å². The summed E-state index contributed by atoms with van der Waals surface area (Å²) in [6.45, 7) is 8.31. The number of rotatable bonds is 8. The molecular formula is C28H35N5OS. The van der Waals surface area contributed by atoms with E-state index in [9.17, 15) is 4.79 Å². The van der Waals surface area contributed by atoms with E-state index >= 15 is 0 Å². The Morgan fingerprint density at radius 2 is 1.77 bits per heavy atom. The molecule has 0 bridgehead atoms. The van der Waals surface area contributed by atoms with E-state index in [0.29, 0.717) is 25.7 Å². The quantitative estimate of drug-likeness (QED) is 0.398. The summed E-state index contributed by atoms with van der Waals surface area (Å²) in [4.78, 5) is 21.5. The number of aromatic nitrogens is 3. The lowest BCUT2D eigenvalue weighted by Crippen LogP contribution is -2.38. The monoisotopic (exact) mass is 489 g/mol. The van der Waals surface area contributed by atoms with Crippen molar-refractivity contribution in [3.8, 4) is 0 Å². The number of hydrogen-bond acceptors (Lipinski definition) is 4. The molecule has 5 rings (SSSR count). The zero-order valence-corrected chi connectivity index (χ0v) is 21.7. The van der Waals surface area contributed by atoms with Crippen LogP contribution in [0.15, 0.2) is 59.5 Å². The van der Waals surface area contributed by atoms with Crippen molar-refractivity contribution >= 4 is 17.8 Å². The highest BCUT2D eigenvalue weighted by atomic mass is 32.2. The fraction of sp³-hybridized carbons (Fsp3) is 0.464. The fourth-order valence-electron chi connectivity index (χ4n) is 4.87. The van der Waals surface area contributed by atoms with Crippen LogP contribution >= 0.6 is 11.8 Å². The Kier molecular flexibility index (Phi) is 7.14. The van der Waals surface area contributed by atoms with Gasteiger partial charge in [-0.1, -0.05) is 63.2 Å². The van der Waals surface area contributed by atoms with Crippen LogP contribution in [0, 0.1) is 0 Å². The van der Waals surface area contributed by atoms with Crippen molar-refractivity contribution in [1.82, 2.24) is 25.0 Å². The Labute approximate surface area is 212 Å². The molecule has 2 unspecified atom stereocenters. The average molecular weight is 490 g/mol. The maximum Gasteiger partial charge on any atom is 0.317 e. The Balaban J connectivity index is 1.35. The van der Waals surface area contributed by atoms with Crippen molar-refractivity contribution in [3.63, 3.8) is 0 Å². The molecule has 1 aromatic heterocycles. The predicted octanol–water partition coefficient (Wildman–Crippen LogP) is 5.94. The molecule has 7 heteroatoms. The van der Waals surface area contributed by atoms with E-state index in [1.807, 2.05) is 22.7 Å². The largest absolute Gasteiger partial charge is 0.334 e. The van der Waals surface area contributed by atoms with Crippen molar-refractivity contribution in [3.05, 3.63) is 77.4 Å². The third kappa shape index (κ3) is 5.40. The number of nitrogens with one attached hydrogen (secondary N) is 1. The molecule has 1 saturated carbocycles. The van der Waals surface area contributed by atoms with Gasteiger partial charge in [0.25, 0.3) is 0 Å². The van der Waals surface area contributed by atoms with E-state index in [-0.39, 0.29) is 23.8 Å². The van der Waals surface area contributed by atoms with E-state index in [0.717, 1.165) is 35.8 Å². The van der Waals surface area contributed by atoms with Crippen LogP contribution in [0.5, 0.6) is 0 Å². The number of amides is 2. The van der Waals surface area contributed by atoms with Gasteiger partial charge in [-0.05, 0) is 41.9 Å². The molecule has 2 heterocycles. The molecule has 6 nitrogen and oxygen atoms in total. The molecule has 0 spiro atoms. The number of carbonyl (C=O) groups is 1. The minimum absolute atomic E-state index is 0.0120. The Morgan fingerprint density at radius 1 is 1.06 bits per heavy atom. The normalized spacial score (nSPS) is 19.9. The van der Waals surface area contributed by atoms with Crippen molar-refractivity contribution in [2.75, 3.05) is 18.8 Å². The van der Waals surface area contributed by atoms with Crippen LogP contribution in [-0.2, 0) is 6.54 Å². The Bertz CT molecular complexity index is 1140. The van der Waals surface area contributed by atoms with Gasteiger partial charge in [-0.3, -0.25) is 0 Å². The highest BCUT2D eigenvalue weighted by Crippen LogP contribution is 2.43. The average Bonchev–Trinajstić information content (AvgIpc) is 3.46. The van der Waals surface area contributed by atoms with Gasteiger partial charge in [0.2, 0.25) is 0 Å². The zero-order valence-electron chi connectivity index (χ0n) is 20.9. The van der Waals surface area contributed by atoms with Gasteiger partial charge in [0.05, 0.1) is 6.04 Å². The van der Waals surface area contributed by atoms with Gasteiger partial charge in [-0.2, -0.15) is 5.10 Å². The van der Waals surface area contributed by atoms with E-state index in [1.165, 1.54) is 10.5 Å². The molecule has 2 aromatic carbocycles. The lowest BCUT2D eigenvalue weighted by Gasteiger charge is -2.18. The molecule has 1 N–H and O–H groups in total. The predicted molar refractivity (Wildman–Crippen MR) is 141 cm³/mol. The molecule has 2 aliphatic rings. The van der Waals surface area contributed by atoms with Gasteiger partial charge < -0.3 is 10.2 Å². The van der Waals surface area contributed by atoms with Crippen LogP contribution in [0.1, 0.15) is 80.2 Å². The highest BCUT2D eigenvalue weighted by molar-refractivity contribution is 7.99. The van der Waals surface area contributed by atoms with Gasteiger partial charge in [0.15, 0.2) is 5.82 Å². The third-order valence-corrected chi connectivity index (χ3v) is 7.82. The second kappa shape index (κ2) is 10.4. The molecule has 2 amide bonds. The second-order valence-corrected chi connectivity index (χ2v) is 11.3. The van der Waals surface area contributed by atoms with Gasteiger partial charge in [-0.25, -0.2) is 14.5 Å². The molecule has 2 fully saturated rings. The summed E-state index contributed by atoms with van der Waals surface area (Å²) in [5, 5.41) is 8.04. The van der Waals surface area contributed by atoms with E-state index in [4.69, 9.17) is 10.1 Å². The first-order valence-corrected chi connectivity index (χ1v) is 13.8. The maximum atomic E-state index is 13.3. The lowest BCUT2D eigenvalue weighted by molar-refractivity contribution is 0.207. The summed E-state index contributed by atoms with van der Waals surface area (Å²) in [6.07, 6.45) is 2.33. The lowest BCUT2D eigenvalue weighted by atomic mass is 9.88. The molecule has 184 valence electrons. The molecule has 2 atom stereocenters. The number of hydrogen-bond donors (Lipinski definition) is 1. The Morgan fingerprint density at radius 3 is 2.43 bits per heavy atom. The minimum atomic E-state index is -0.0120. The van der Waals surface area contributed by atoms with Gasteiger partial charge in [-0.15, -0.1) is 11.8 Å². The third-order valence-electron chi connectivity index (χ3n) is 6.93. The number of benzene rings is 2. The molecule has 3 aromatic rings. The standard InChI is InChI=1S/C28H35N5OS/c1-4-35-23-14-10-20(11-15-23)16-29-28(34)32-17-24(21-8-6-5-7-9-21)25(18-32)27-30-26(19(2)3)31-33(27)22-12-13-22/h5-11,14-15,19,22,24-25H,4,12-13,16-18H2,1-3H3,(H,29,34). The van der Waals surface area contributed by atoms with Crippen LogP contribution in [0.25, 0.3) is 0 Å². The van der Waals surface area contributed by atoms with Gasteiger partial charge in [0, 0.05) is 42.3 Å². The first-order valence-electron chi connectivity index (χ1n) is 12.8. The molecule has 35 heavy (non-hydrogen) atoms. The van der Waals surface area contributed by atoms with Crippen LogP contribution in [0.2, 0.25) is 0 Å². The second-order valence-electron chi connectivity index (χ2n) is 9.92. The van der Waals surface area contributed by atoms with Crippen molar-refractivity contribution in [2.24, 2.45) is 0 Å². The number of urea groups is 1. The Hall–Kier alpha value is -2.80. The first-order chi connectivity index (χ1) is 17.0. The topological polar surface area (TPSA) is 63.1 Å². The van der Waals surface area contributed by atoms with E-state index < -0.39 is 0 Å². The summed E-state index contributed by atoms with van der Waals surface area (Å²) in [7, 11) is 0. The SMILES string of the molecule is CCSc1ccc(CNC(=O)N2CC(c3ccccc3)C(c3nc(C(C)C)nn3C3CC3)C2)cc1. The number of likely N-dealkylation sites (tertiary alicyclic amines) is 1. The maximum absolute atomic E-state index is 13.3. The number of carbonyl (C=O) groups excluding carboxylic acids is 1. The summed E-state index contributed by atoms with van der Waals surface area (Å²) < 4.78 is 2.17. The summed E-state index contributed by atoms with van der Waals surface area (Å²) in [5.41, 5.74) is 2.37. The summed E-state index contributed by atoms with van der Waals surface area (Å²) in [5.74, 6) is 3.63. The molecule has 1 saturated heterocycles. The number of thioether (sulfide) groups is 1. The smallest absolute Gasteiger partial charge is 0.317 e. The van der Waals surface area contributed by atoms with Crippen LogP contribution < -0.4 is 5.32 Å².